The highest BCUT2D eigenvalue weighted by molar-refractivity contribution is 5.39. The van der Waals surface area contributed by atoms with Crippen LogP contribution in [0.1, 0.15) is 17.4 Å². The van der Waals surface area contributed by atoms with Crippen molar-refractivity contribution in [2.24, 2.45) is 0 Å². The largest absolute Gasteiger partial charge is 0.496 e. The van der Waals surface area contributed by atoms with Crippen molar-refractivity contribution in [3.63, 3.8) is 0 Å². The molecule has 88 valence electrons. The number of aromatic nitrogens is 2. The number of halogens is 1. The van der Waals surface area contributed by atoms with Gasteiger partial charge in [0, 0.05) is 12.4 Å². The van der Waals surface area contributed by atoms with Crippen LogP contribution in [0, 0.1) is 5.82 Å². The van der Waals surface area contributed by atoms with Gasteiger partial charge in [0.15, 0.2) is 0 Å². The van der Waals surface area contributed by atoms with E-state index in [0.717, 1.165) is 0 Å². The van der Waals surface area contributed by atoms with Gasteiger partial charge >= 0.3 is 0 Å². The molecule has 0 aliphatic heterocycles. The molecule has 0 amide bonds. The smallest absolute Gasteiger partial charge is 0.133 e. The molecule has 17 heavy (non-hydrogen) atoms. The molecule has 0 radical (unpaired) electrons. The lowest BCUT2D eigenvalue weighted by Gasteiger charge is -2.14. The second-order valence-electron chi connectivity index (χ2n) is 3.39. The van der Waals surface area contributed by atoms with E-state index in [9.17, 15) is 9.50 Å². The third-order valence-electron chi connectivity index (χ3n) is 2.37. The summed E-state index contributed by atoms with van der Waals surface area (Å²) in [4.78, 5) is 7.77. The topological polar surface area (TPSA) is 55.2 Å². The van der Waals surface area contributed by atoms with E-state index in [1.165, 1.54) is 37.8 Å². The Labute approximate surface area is 97.7 Å². The first-order chi connectivity index (χ1) is 8.24. The Balaban J connectivity index is 2.47. The highest BCUT2D eigenvalue weighted by Crippen LogP contribution is 2.30. The maximum absolute atomic E-state index is 13.7. The zero-order chi connectivity index (χ0) is 12.3. The van der Waals surface area contributed by atoms with E-state index < -0.39 is 11.9 Å². The molecule has 1 aromatic heterocycles. The molecule has 4 nitrogen and oxygen atoms in total. The van der Waals surface area contributed by atoms with Crippen LogP contribution in [0.4, 0.5) is 4.39 Å². The number of hydrogen-bond acceptors (Lipinski definition) is 4. The number of hydrogen-bond donors (Lipinski definition) is 1. The Morgan fingerprint density at radius 3 is 2.82 bits per heavy atom. The van der Waals surface area contributed by atoms with Gasteiger partial charge in [-0.2, -0.15) is 0 Å². The Kier molecular flexibility index (Phi) is 3.30. The van der Waals surface area contributed by atoms with E-state index in [2.05, 4.69) is 9.97 Å². The predicted octanol–water partition coefficient (Wildman–Crippen LogP) is 1.71. The molecule has 2 aromatic rings. The monoisotopic (exact) mass is 234 g/mol. The molecule has 0 bridgehead atoms. The van der Waals surface area contributed by atoms with Crippen molar-refractivity contribution in [3.05, 3.63) is 53.9 Å². The molecule has 0 saturated heterocycles. The average Bonchev–Trinajstić information content (AvgIpc) is 2.38. The van der Waals surface area contributed by atoms with Gasteiger partial charge in [-0.05, 0) is 12.1 Å². The van der Waals surface area contributed by atoms with Gasteiger partial charge in [0.05, 0.1) is 24.6 Å². The highest BCUT2D eigenvalue weighted by Gasteiger charge is 2.20. The number of ether oxygens (including phenoxy) is 1. The molecule has 1 N–H and O–H groups in total. The first-order valence-corrected chi connectivity index (χ1v) is 5.00. The summed E-state index contributed by atoms with van der Waals surface area (Å²) in [5.74, 6) is -0.259. The first kappa shape index (κ1) is 11.5. The highest BCUT2D eigenvalue weighted by atomic mass is 19.1. The number of benzene rings is 1. The molecular formula is C12H11FN2O2. The summed E-state index contributed by atoms with van der Waals surface area (Å²) in [7, 11) is 1.42. The number of aliphatic hydroxyl groups excluding tert-OH is 1. The van der Waals surface area contributed by atoms with E-state index >= 15 is 0 Å². The Morgan fingerprint density at radius 1 is 1.35 bits per heavy atom. The van der Waals surface area contributed by atoms with Crippen molar-refractivity contribution in [3.8, 4) is 5.75 Å². The van der Waals surface area contributed by atoms with Gasteiger partial charge in [-0.3, -0.25) is 9.97 Å². The quantitative estimate of drug-likeness (QED) is 0.878. The van der Waals surface area contributed by atoms with Gasteiger partial charge in [-0.15, -0.1) is 0 Å². The van der Waals surface area contributed by atoms with Gasteiger partial charge < -0.3 is 9.84 Å². The Morgan fingerprint density at radius 2 is 2.18 bits per heavy atom. The van der Waals surface area contributed by atoms with Gasteiger partial charge in [0.1, 0.15) is 17.7 Å². The Hall–Kier alpha value is -2.01. The van der Waals surface area contributed by atoms with Gasteiger partial charge in [0.25, 0.3) is 0 Å². The average molecular weight is 234 g/mol. The van der Waals surface area contributed by atoms with Crippen LogP contribution in [0.5, 0.6) is 5.75 Å². The van der Waals surface area contributed by atoms with Crippen LogP contribution in [0.2, 0.25) is 0 Å². The van der Waals surface area contributed by atoms with Crippen molar-refractivity contribution >= 4 is 0 Å². The number of nitrogens with zero attached hydrogens (tertiary/aromatic N) is 2. The molecule has 0 spiro atoms. The zero-order valence-electron chi connectivity index (χ0n) is 9.17. The summed E-state index contributed by atoms with van der Waals surface area (Å²) in [5, 5.41) is 10.1. The third kappa shape index (κ3) is 2.24. The molecule has 2 rings (SSSR count). The van der Waals surface area contributed by atoms with Crippen LogP contribution in [-0.2, 0) is 0 Å². The fourth-order valence-corrected chi connectivity index (χ4v) is 1.56. The number of methoxy groups -OCH3 is 1. The summed E-state index contributed by atoms with van der Waals surface area (Å²) in [6, 6.07) is 4.36. The van der Waals surface area contributed by atoms with Crippen LogP contribution < -0.4 is 4.74 Å². The fourth-order valence-electron chi connectivity index (χ4n) is 1.56. The predicted molar refractivity (Wildman–Crippen MR) is 59.0 cm³/mol. The van der Waals surface area contributed by atoms with Crippen LogP contribution >= 0.6 is 0 Å². The molecule has 1 aromatic carbocycles. The molecule has 5 heteroatoms. The molecular weight excluding hydrogens is 223 g/mol. The van der Waals surface area contributed by atoms with Crippen LogP contribution in [0.3, 0.4) is 0 Å². The van der Waals surface area contributed by atoms with Gasteiger partial charge in [0.2, 0.25) is 0 Å². The number of rotatable bonds is 3. The molecule has 1 heterocycles. The maximum Gasteiger partial charge on any atom is 0.133 e. The minimum absolute atomic E-state index is 0.0653. The summed E-state index contributed by atoms with van der Waals surface area (Å²) < 4.78 is 18.7. The second-order valence-corrected chi connectivity index (χ2v) is 3.39. The first-order valence-electron chi connectivity index (χ1n) is 5.00. The molecule has 1 unspecified atom stereocenters. The van der Waals surface area contributed by atoms with E-state index in [-0.39, 0.29) is 17.0 Å². The standard InChI is InChI=1S/C12H11FN2O2/c1-17-10-4-2-3-8(13)11(10)12(16)9-7-14-5-6-15-9/h2-7,12,16H,1H3. The number of aliphatic hydroxyl groups is 1. The normalized spacial score (nSPS) is 12.2. The van der Waals surface area contributed by atoms with Crippen LogP contribution in [-0.4, -0.2) is 22.2 Å². The molecule has 0 aliphatic carbocycles. The zero-order valence-corrected chi connectivity index (χ0v) is 9.17. The van der Waals surface area contributed by atoms with Crippen molar-refractivity contribution < 1.29 is 14.2 Å². The minimum Gasteiger partial charge on any atom is -0.496 e. The van der Waals surface area contributed by atoms with E-state index in [1.807, 2.05) is 0 Å². The maximum atomic E-state index is 13.7. The van der Waals surface area contributed by atoms with E-state index in [4.69, 9.17) is 4.74 Å². The molecule has 0 fully saturated rings. The van der Waals surface area contributed by atoms with E-state index in [0.29, 0.717) is 0 Å². The third-order valence-corrected chi connectivity index (χ3v) is 2.37. The van der Waals surface area contributed by atoms with Crippen molar-refractivity contribution in [2.45, 2.75) is 6.10 Å². The summed E-state index contributed by atoms with van der Waals surface area (Å²) >= 11 is 0. The summed E-state index contributed by atoms with van der Waals surface area (Å²) in [6.45, 7) is 0. The molecule has 0 aliphatic rings. The lowest BCUT2D eigenvalue weighted by atomic mass is 10.1. The fraction of sp³-hybridized carbons (Fsp3) is 0.167. The van der Waals surface area contributed by atoms with Crippen molar-refractivity contribution in [2.75, 3.05) is 7.11 Å². The van der Waals surface area contributed by atoms with Crippen molar-refractivity contribution in [1.29, 1.82) is 0 Å². The lowest BCUT2D eigenvalue weighted by Crippen LogP contribution is -2.07. The lowest BCUT2D eigenvalue weighted by molar-refractivity contribution is 0.203. The van der Waals surface area contributed by atoms with Crippen molar-refractivity contribution in [1.82, 2.24) is 9.97 Å². The van der Waals surface area contributed by atoms with Gasteiger partial charge in [-0.1, -0.05) is 6.07 Å². The molecule has 0 saturated carbocycles. The summed E-state index contributed by atoms with van der Waals surface area (Å²) in [6.07, 6.45) is 3.11. The SMILES string of the molecule is COc1cccc(F)c1C(O)c1cnccn1. The Bertz CT molecular complexity index is 505. The minimum atomic E-state index is -1.19. The summed E-state index contributed by atoms with van der Waals surface area (Å²) in [5.41, 5.74) is 0.339. The second kappa shape index (κ2) is 4.88. The van der Waals surface area contributed by atoms with Gasteiger partial charge in [-0.25, -0.2) is 4.39 Å². The van der Waals surface area contributed by atoms with E-state index in [1.54, 1.807) is 6.07 Å². The van der Waals surface area contributed by atoms with Crippen LogP contribution in [0.25, 0.3) is 0 Å². The molecule has 1 atom stereocenters. The van der Waals surface area contributed by atoms with Crippen LogP contribution in [0.15, 0.2) is 36.8 Å².